The number of sulfone groups is 1. The zero-order valence-electron chi connectivity index (χ0n) is 15.7. The molecule has 146 valence electrons. The Morgan fingerprint density at radius 1 is 1.35 bits per heavy atom. The third kappa shape index (κ3) is 3.87. The van der Waals surface area contributed by atoms with Gasteiger partial charge in [-0.15, -0.1) is 0 Å². The van der Waals surface area contributed by atoms with Gasteiger partial charge in [-0.3, -0.25) is 4.99 Å². The Labute approximate surface area is 155 Å². The first-order valence-electron chi connectivity index (χ1n) is 9.49. The fourth-order valence-electron chi connectivity index (χ4n) is 3.97. The molecule has 1 saturated carbocycles. The van der Waals surface area contributed by atoms with Crippen molar-refractivity contribution < 1.29 is 12.9 Å². The lowest BCUT2D eigenvalue weighted by atomic mass is 9.87. The van der Waals surface area contributed by atoms with Crippen LogP contribution in [0.25, 0.3) is 0 Å². The standard InChI is InChI=1S/C17H29N5O3S/c1-3-15-20-14(21-25-15)7-10-19-16(18-2)22-11-12-26(23,24)17(13-22)8-5-4-6-9-17/h3-13H2,1-2H3,(H,18,19). The van der Waals surface area contributed by atoms with Crippen molar-refractivity contribution in [2.24, 2.45) is 4.99 Å². The monoisotopic (exact) mass is 383 g/mol. The Morgan fingerprint density at radius 2 is 2.12 bits per heavy atom. The minimum Gasteiger partial charge on any atom is -0.356 e. The maximum atomic E-state index is 12.7. The number of rotatable bonds is 4. The van der Waals surface area contributed by atoms with Crippen LogP contribution >= 0.6 is 0 Å². The molecule has 0 atom stereocenters. The minimum atomic E-state index is -3.04. The summed E-state index contributed by atoms with van der Waals surface area (Å²) in [6, 6.07) is 0. The number of nitrogens with one attached hydrogen (secondary N) is 1. The molecule has 2 aliphatic rings. The fourth-order valence-corrected chi connectivity index (χ4v) is 6.13. The normalized spacial score (nSPS) is 22.5. The number of aliphatic imine (C=N–C) groups is 1. The van der Waals surface area contributed by atoms with Gasteiger partial charge in [-0.25, -0.2) is 8.42 Å². The van der Waals surface area contributed by atoms with Gasteiger partial charge in [-0.05, 0) is 12.8 Å². The van der Waals surface area contributed by atoms with E-state index in [1.807, 2.05) is 6.92 Å². The van der Waals surface area contributed by atoms with Crippen molar-refractivity contribution in [1.82, 2.24) is 20.4 Å². The summed E-state index contributed by atoms with van der Waals surface area (Å²) in [5.41, 5.74) is 0. The maximum Gasteiger partial charge on any atom is 0.226 e. The number of hydrogen-bond acceptors (Lipinski definition) is 6. The molecule has 1 aromatic heterocycles. The fraction of sp³-hybridized carbons (Fsp3) is 0.824. The van der Waals surface area contributed by atoms with Gasteiger partial charge >= 0.3 is 0 Å². The predicted octanol–water partition coefficient (Wildman–Crippen LogP) is 1.18. The van der Waals surface area contributed by atoms with E-state index in [-0.39, 0.29) is 5.75 Å². The largest absolute Gasteiger partial charge is 0.356 e. The summed E-state index contributed by atoms with van der Waals surface area (Å²) >= 11 is 0. The van der Waals surface area contributed by atoms with Gasteiger partial charge in [-0.2, -0.15) is 4.98 Å². The first-order valence-corrected chi connectivity index (χ1v) is 11.1. The third-order valence-electron chi connectivity index (χ3n) is 5.49. The van der Waals surface area contributed by atoms with Crippen molar-refractivity contribution >= 4 is 15.8 Å². The van der Waals surface area contributed by atoms with Gasteiger partial charge in [0.25, 0.3) is 0 Å². The molecule has 2 fully saturated rings. The van der Waals surface area contributed by atoms with Crippen molar-refractivity contribution in [3.8, 4) is 0 Å². The van der Waals surface area contributed by atoms with E-state index < -0.39 is 14.6 Å². The SMILES string of the molecule is CCc1nc(CCNC(=NC)N2CCS(=O)(=O)C3(CCCCC3)C2)no1. The molecule has 1 saturated heterocycles. The first-order chi connectivity index (χ1) is 12.5. The van der Waals surface area contributed by atoms with Gasteiger partial charge in [-0.1, -0.05) is 31.3 Å². The summed E-state index contributed by atoms with van der Waals surface area (Å²) in [4.78, 5) is 10.8. The van der Waals surface area contributed by atoms with E-state index in [1.54, 1.807) is 7.05 Å². The van der Waals surface area contributed by atoms with E-state index in [0.717, 1.165) is 44.5 Å². The molecule has 9 heteroatoms. The van der Waals surface area contributed by atoms with Gasteiger partial charge < -0.3 is 14.7 Å². The lowest BCUT2D eigenvalue weighted by Crippen LogP contribution is -2.60. The second-order valence-electron chi connectivity index (χ2n) is 7.17. The molecule has 1 aliphatic heterocycles. The van der Waals surface area contributed by atoms with Crippen molar-refractivity contribution in [3.63, 3.8) is 0 Å². The number of nitrogens with zero attached hydrogens (tertiary/aromatic N) is 4. The maximum absolute atomic E-state index is 12.7. The Balaban J connectivity index is 1.61. The minimum absolute atomic E-state index is 0.207. The number of guanidine groups is 1. The Bertz CT molecular complexity index is 737. The highest BCUT2D eigenvalue weighted by molar-refractivity contribution is 7.92. The molecule has 0 bridgehead atoms. The molecule has 26 heavy (non-hydrogen) atoms. The van der Waals surface area contributed by atoms with Crippen LogP contribution < -0.4 is 5.32 Å². The van der Waals surface area contributed by atoms with Gasteiger partial charge in [0.2, 0.25) is 5.89 Å². The highest BCUT2D eigenvalue weighted by Gasteiger charge is 2.48. The lowest BCUT2D eigenvalue weighted by molar-refractivity contribution is 0.274. The molecule has 2 heterocycles. The summed E-state index contributed by atoms with van der Waals surface area (Å²) < 4.78 is 30.0. The van der Waals surface area contributed by atoms with Crippen LogP contribution in [0.2, 0.25) is 0 Å². The summed E-state index contributed by atoms with van der Waals surface area (Å²) in [5, 5.41) is 7.27. The smallest absolute Gasteiger partial charge is 0.226 e. The lowest BCUT2D eigenvalue weighted by Gasteiger charge is -2.45. The van der Waals surface area contributed by atoms with E-state index >= 15 is 0 Å². The third-order valence-corrected chi connectivity index (χ3v) is 8.07. The van der Waals surface area contributed by atoms with Crippen LogP contribution in [-0.2, 0) is 22.7 Å². The zero-order chi connectivity index (χ0) is 18.6. The highest BCUT2D eigenvalue weighted by atomic mass is 32.2. The number of hydrogen-bond donors (Lipinski definition) is 1. The van der Waals surface area contributed by atoms with Crippen LogP contribution in [0.3, 0.4) is 0 Å². The van der Waals surface area contributed by atoms with Gasteiger partial charge in [0.05, 0.1) is 10.5 Å². The molecule has 1 aromatic rings. The zero-order valence-corrected chi connectivity index (χ0v) is 16.5. The van der Waals surface area contributed by atoms with Crippen LogP contribution in [0, 0.1) is 0 Å². The van der Waals surface area contributed by atoms with Crippen molar-refractivity contribution in [3.05, 3.63) is 11.7 Å². The predicted molar refractivity (Wildman–Crippen MR) is 99.9 cm³/mol. The van der Waals surface area contributed by atoms with Gasteiger partial charge in [0.1, 0.15) is 0 Å². The van der Waals surface area contributed by atoms with E-state index in [2.05, 4.69) is 25.3 Å². The summed E-state index contributed by atoms with van der Waals surface area (Å²) in [6.07, 6.45) is 6.03. The van der Waals surface area contributed by atoms with Crippen molar-refractivity contribution in [2.75, 3.05) is 32.4 Å². The van der Waals surface area contributed by atoms with Crippen LogP contribution in [0.5, 0.6) is 0 Å². The van der Waals surface area contributed by atoms with E-state index in [4.69, 9.17) is 4.52 Å². The summed E-state index contributed by atoms with van der Waals surface area (Å²) in [6.45, 7) is 3.64. The molecule has 0 aromatic carbocycles. The Hall–Kier alpha value is -1.64. The topological polar surface area (TPSA) is 101 Å². The molecule has 0 radical (unpaired) electrons. The summed E-state index contributed by atoms with van der Waals surface area (Å²) in [5.74, 6) is 2.28. The average molecular weight is 384 g/mol. The van der Waals surface area contributed by atoms with E-state index in [0.29, 0.717) is 37.8 Å². The molecule has 1 N–H and O–H groups in total. The van der Waals surface area contributed by atoms with Crippen molar-refractivity contribution in [2.45, 2.75) is 56.6 Å². The summed E-state index contributed by atoms with van der Waals surface area (Å²) in [7, 11) is -1.30. The van der Waals surface area contributed by atoms with E-state index in [1.165, 1.54) is 0 Å². The molecule has 0 amide bonds. The van der Waals surface area contributed by atoms with Crippen LogP contribution in [0.4, 0.5) is 0 Å². The van der Waals surface area contributed by atoms with Crippen LogP contribution in [0.15, 0.2) is 9.52 Å². The Morgan fingerprint density at radius 3 is 2.77 bits per heavy atom. The van der Waals surface area contributed by atoms with Crippen LogP contribution in [-0.4, -0.2) is 66.6 Å². The second kappa shape index (κ2) is 7.94. The van der Waals surface area contributed by atoms with E-state index in [9.17, 15) is 8.42 Å². The van der Waals surface area contributed by atoms with Gasteiger partial charge in [0, 0.05) is 39.5 Å². The average Bonchev–Trinajstić information content (AvgIpc) is 3.10. The molecular formula is C17H29N5O3S. The second-order valence-corrected chi connectivity index (χ2v) is 9.67. The first kappa shape index (κ1) is 19.1. The van der Waals surface area contributed by atoms with Gasteiger partial charge in [0.15, 0.2) is 21.6 Å². The molecular weight excluding hydrogens is 354 g/mol. The molecule has 1 aliphatic carbocycles. The molecule has 8 nitrogen and oxygen atoms in total. The van der Waals surface area contributed by atoms with Crippen LogP contribution in [0.1, 0.15) is 50.7 Å². The molecule has 1 spiro atoms. The Kier molecular flexibility index (Phi) is 5.84. The molecule has 3 rings (SSSR count). The molecule has 0 unspecified atom stereocenters. The highest BCUT2D eigenvalue weighted by Crippen LogP contribution is 2.38. The van der Waals surface area contributed by atoms with Crippen molar-refractivity contribution in [1.29, 1.82) is 0 Å². The number of aryl methyl sites for hydroxylation is 1. The quantitative estimate of drug-likeness (QED) is 0.615. The number of aromatic nitrogens is 2.